The number of fused-ring (bicyclic) bond motifs is 2. The molecule has 0 fully saturated rings. The minimum atomic E-state index is -3.96. The number of anilines is 1. The van der Waals surface area contributed by atoms with Crippen LogP contribution < -0.4 is 5.73 Å². The van der Waals surface area contributed by atoms with Gasteiger partial charge >= 0.3 is 0 Å². The highest BCUT2D eigenvalue weighted by Crippen LogP contribution is 2.35. The summed E-state index contributed by atoms with van der Waals surface area (Å²) in [5.41, 5.74) is 9.98. The van der Waals surface area contributed by atoms with Crippen molar-refractivity contribution in [2.45, 2.75) is 16.7 Å². The maximum absolute atomic E-state index is 13.5. The number of aromatic nitrogens is 3. The van der Waals surface area contributed by atoms with Gasteiger partial charge in [-0.05, 0) is 36.8 Å². The number of rotatable bonds is 4. The lowest BCUT2D eigenvalue weighted by molar-refractivity contribution is 0.597. The Balaban J connectivity index is 1.81. The van der Waals surface area contributed by atoms with Crippen LogP contribution in [-0.2, 0) is 9.84 Å². The molecular formula is C24H19N5O2S. The van der Waals surface area contributed by atoms with E-state index >= 15 is 0 Å². The molecule has 0 bridgehead atoms. The van der Waals surface area contributed by atoms with Crippen LogP contribution >= 0.6 is 0 Å². The van der Waals surface area contributed by atoms with Gasteiger partial charge in [0.1, 0.15) is 16.2 Å². The molecule has 0 aliphatic rings. The highest BCUT2D eigenvalue weighted by Gasteiger charge is 2.30. The summed E-state index contributed by atoms with van der Waals surface area (Å²) in [6, 6.07) is 23.2. The number of nitrogens with two attached hydrogens (primary N) is 1. The van der Waals surface area contributed by atoms with E-state index in [0.29, 0.717) is 11.0 Å². The van der Waals surface area contributed by atoms with Crippen molar-refractivity contribution in [3.63, 3.8) is 0 Å². The van der Waals surface area contributed by atoms with E-state index in [1.165, 1.54) is 16.8 Å². The van der Waals surface area contributed by atoms with Gasteiger partial charge in [-0.2, -0.15) is 9.78 Å². The molecule has 0 saturated heterocycles. The quantitative estimate of drug-likeness (QED) is 0.421. The summed E-state index contributed by atoms with van der Waals surface area (Å²) in [4.78, 5) is 9.27. The molecule has 0 radical (unpaired) electrons. The number of aryl methyl sites for hydroxylation is 1. The zero-order chi connectivity index (χ0) is 22.3. The second kappa shape index (κ2) is 7.58. The van der Waals surface area contributed by atoms with Gasteiger partial charge < -0.3 is 5.73 Å². The van der Waals surface area contributed by atoms with Gasteiger partial charge in [-0.15, -0.1) is 0 Å². The molecule has 0 unspecified atom stereocenters. The molecule has 158 valence electrons. The van der Waals surface area contributed by atoms with Gasteiger partial charge in [0.2, 0.25) is 9.84 Å². The van der Waals surface area contributed by atoms with Gasteiger partial charge in [-0.3, -0.25) is 0 Å². The van der Waals surface area contributed by atoms with E-state index in [4.69, 9.17) is 5.73 Å². The molecular weight excluding hydrogens is 422 g/mol. The molecule has 5 rings (SSSR count). The zero-order valence-corrected chi connectivity index (χ0v) is 18.0. The molecule has 3 aromatic carbocycles. The largest absolute Gasteiger partial charge is 0.382 e. The lowest BCUT2D eigenvalue weighted by Crippen LogP contribution is -2.06. The van der Waals surface area contributed by atoms with Gasteiger partial charge in [-0.1, -0.05) is 60.2 Å². The average Bonchev–Trinajstić information content (AvgIpc) is 3.07. The van der Waals surface area contributed by atoms with Crippen molar-refractivity contribution in [2.24, 2.45) is 5.10 Å². The first-order chi connectivity index (χ1) is 15.4. The Labute approximate surface area is 184 Å². The lowest BCUT2D eigenvalue weighted by Gasteiger charge is -2.04. The number of benzene rings is 3. The SMILES string of the molecule is Cc1cccc(/C=N\n2c(N)c(S(=O)(=O)c3ccccc3)c3nc4ccccc4nc32)c1. The van der Waals surface area contributed by atoms with Crippen LogP contribution in [0.5, 0.6) is 0 Å². The first-order valence-electron chi connectivity index (χ1n) is 9.93. The molecule has 0 saturated carbocycles. The number of para-hydroxylation sites is 2. The molecule has 0 amide bonds. The smallest absolute Gasteiger partial charge is 0.212 e. The van der Waals surface area contributed by atoms with E-state index in [2.05, 4.69) is 15.1 Å². The number of hydrogen-bond acceptors (Lipinski definition) is 6. The summed E-state index contributed by atoms with van der Waals surface area (Å²) < 4.78 is 28.4. The van der Waals surface area contributed by atoms with E-state index in [0.717, 1.165) is 11.1 Å². The summed E-state index contributed by atoms with van der Waals surface area (Å²) in [5, 5.41) is 4.48. The second-order valence-electron chi connectivity index (χ2n) is 7.39. The highest BCUT2D eigenvalue weighted by molar-refractivity contribution is 7.92. The van der Waals surface area contributed by atoms with Crippen molar-refractivity contribution in [1.29, 1.82) is 0 Å². The Morgan fingerprint density at radius 2 is 1.59 bits per heavy atom. The molecule has 7 nitrogen and oxygen atoms in total. The number of nitrogens with zero attached hydrogens (tertiary/aromatic N) is 4. The molecule has 0 aliphatic carbocycles. The third-order valence-electron chi connectivity index (χ3n) is 5.12. The van der Waals surface area contributed by atoms with Crippen LogP contribution in [0, 0.1) is 6.92 Å². The Hall–Kier alpha value is -4.04. The van der Waals surface area contributed by atoms with Crippen LogP contribution in [0.25, 0.3) is 22.2 Å². The number of hydrogen-bond donors (Lipinski definition) is 1. The molecule has 5 aromatic rings. The lowest BCUT2D eigenvalue weighted by atomic mass is 10.2. The van der Waals surface area contributed by atoms with Crippen LogP contribution in [0.15, 0.2) is 93.8 Å². The van der Waals surface area contributed by atoms with Crippen molar-refractivity contribution < 1.29 is 8.42 Å². The van der Waals surface area contributed by atoms with Gasteiger partial charge in [-0.25, -0.2) is 18.4 Å². The average molecular weight is 442 g/mol. The van der Waals surface area contributed by atoms with Crippen molar-refractivity contribution >= 4 is 44.1 Å². The number of sulfone groups is 1. The van der Waals surface area contributed by atoms with E-state index in [-0.39, 0.29) is 26.8 Å². The highest BCUT2D eigenvalue weighted by atomic mass is 32.2. The number of nitrogen functional groups attached to an aromatic ring is 1. The van der Waals surface area contributed by atoms with Crippen molar-refractivity contribution in [2.75, 3.05) is 5.73 Å². The van der Waals surface area contributed by atoms with E-state index in [1.807, 2.05) is 49.4 Å². The second-order valence-corrected chi connectivity index (χ2v) is 9.27. The van der Waals surface area contributed by atoms with Gasteiger partial charge in [0, 0.05) is 0 Å². The van der Waals surface area contributed by atoms with E-state index < -0.39 is 9.84 Å². The summed E-state index contributed by atoms with van der Waals surface area (Å²) >= 11 is 0. The zero-order valence-electron chi connectivity index (χ0n) is 17.2. The fourth-order valence-electron chi connectivity index (χ4n) is 3.60. The first-order valence-corrected chi connectivity index (χ1v) is 11.4. The minimum Gasteiger partial charge on any atom is -0.382 e. The Morgan fingerprint density at radius 3 is 2.31 bits per heavy atom. The molecule has 2 aromatic heterocycles. The predicted octanol–water partition coefficient (Wildman–Crippen LogP) is 4.19. The maximum Gasteiger partial charge on any atom is 0.212 e. The Bertz CT molecular complexity index is 1610. The molecule has 2 heterocycles. The molecule has 0 aliphatic heterocycles. The fraction of sp³-hybridized carbons (Fsp3) is 0.0417. The van der Waals surface area contributed by atoms with Crippen molar-refractivity contribution in [3.8, 4) is 0 Å². The van der Waals surface area contributed by atoms with Crippen LogP contribution in [0.2, 0.25) is 0 Å². The summed E-state index contributed by atoms with van der Waals surface area (Å²) in [6.45, 7) is 1.99. The van der Waals surface area contributed by atoms with Crippen LogP contribution in [-0.4, -0.2) is 29.3 Å². The topological polar surface area (TPSA) is 103 Å². The standard InChI is InChI=1S/C24H19N5O2S/c1-16-8-7-9-17(14-16)15-26-29-23(25)22(32(30,31)18-10-3-2-4-11-18)21-24(29)28-20-13-6-5-12-19(20)27-21/h2-15H,25H2,1H3/b26-15-. The molecule has 0 atom stereocenters. The summed E-state index contributed by atoms with van der Waals surface area (Å²) in [6.07, 6.45) is 1.62. The molecule has 0 spiro atoms. The van der Waals surface area contributed by atoms with E-state index in [9.17, 15) is 8.42 Å². The maximum atomic E-state index is 13.5. The normalized spacial score (nSPS) is 12.2. The Morgan fingerprint density at radius 1 is 0.906 bits per heavy atom. The molecule has 8 heteroatoms. The van der Waals surface area contributed by atoms with Gasteiger partial charge in [0.15, 0.2) is 5.65 Å². The van der Waals surface area contributed by atoms with Gasteiger partial charge in [0.25, 0.3) is 0 Å². The monoisotopic (exact) mass is 441 g/mol. The molecule has 32 heavy (non-hydrogen) atoms. The van der Waals surface area contributed by atoms with Crippen molar-refractivity contribution in [3.05, 3.63) is 90.0 Å². The third-order valence-corrected chi connectivity index (χ3v) is 6.95. The van der Waals surface area contributed by atoms with Crippen molar-refractivity contribution in [1.82, 2.24) is 14.6 Å². The summed E-state index contributed by atoms with van der Waals surface area (Å²) in [5.74, 6) is -0.0388. The predicted molar refractivity (Wildman–Crippen MR) is 126 cm³/mol. The van der Waals surface area contributed by atoms with Crippen LogP contribution in [0.4, 0.5) is 5.82 Å². The van der Waals surface area contributed by atoms with Crippen LogP contribution in [0.3, 0.4) is 0 Å². The van der Waals surface area contributed by atoms with E-state index in [1.54, 1.807) is 30.5 Å². The first kappa shape index (κ1) is 19.9. The molecule has 2 N–H and O–H groups in total. The fourth-order valence-corrected chi connectivity index (χ4v) is 5.10. The minimum absolute atomic E-state index is 0.0388. The van der Waals surface area contributed by atoms with Crippen LogP contribution in [0.1, 0.15) is 11.1 Å². The Kier molecular flexibility index (Phi) is 4.71. The van der Waals surface area contributed by atoms with Gasteiger partial charge in [0.05, 0.1) is 22.1 Å². The third kappa shape index (κ3) is 3.30. The summed E-state index contributed by atoms with van der Waals surface area (Å²) in [7, 11) is -3.96.